The minimum atomic E-state index is 0. The van der Waals surface area contributed by atoms with Crippen molar-refractivity contribution < 1.29 is 0 Å². The number of aryl methyl sites for hydroxylation is 1. The maximum absolute atomic E-state index is 5.53. The first-order chi connectivity index (χ1) is 6.25. The number of aromatic nitrogens is 2. The number of nitrogens with two attached hydrogens (primary N) is 1. The van der Waals surface area contributed by atoms with Crippen LogP contribution < -0.4 is 5.73 Å². The van der Waals surface area contributed by atoms with E-state index in [1.165, 1.54) is 11.3 Å². The van der Waals surface area contributed by atoms with Crippen LogP contribution in [0.4, 0.5) is 5.13 Å². The minimum Gasteiger partial charge on any atom is -0.375 e. The number of nitrogens with zero attached hydrogens (tertiary/aromatic N) is 2. The van der Waals surface area contributed by atoms with Crippen molar-refractivity contribution in [1.82, 2.24) is 9.97 Å². The molecule has 0 saturated carbocycles. The molecule has 0 fully saturated rings. The Labute approximate surface area is 129 Å². The second-order valence-electron chi connectivity index (χ2n) is 2.75. The molecule has 2 rings (SSSR count). The zero-order valence-corrected chi connectivity index (χ0v) is 12.9. The third kappa shape index (κ3) is 5.75. The smallest absolute Gasteiger partial charge is 0.180 e. The Balaban J connectivity index is -0.000000490. The van der Waals surface area contributed by atoms with E-state index in [1.54, 1.807) is 6.20 Å². The molecule has 0 atom stereocenters. The van der Waals surface area contributed by atoms with Gasteiger partial charge in [-0.1, -0.05) is 17.4 Å². The molecule has 0 aliphatic carbocycles. The molecule has 2 aromatic rings. The van der Waals surface area contributed by atoms with Crippen molar-refractivity contribution in [2.75, 3.05) is 5.73 Å². The second kappa shape index (κ2) is 9.74. The van der Waals surface area contributed by atoms with Gasteiger partial charge >= 0.3 is 0 Å². The van der Waals surface area contributed by atoms with Gasteiger partial charge in [0.25, 0.3) is 0 Å². The van der Waals surface area contributed by atoms with Gasteiger partial charge in [-0.3, -0.25) is 4.98 Å². The van der Waals surface area contributed by atoms with Gasteiger partial charge in [0.05, 0.1) is 4.88 Å². The van der Waals surface area contributed by atoms with Gasteiger partial charge in [0.15, 0.2) is 5.13 Å². The molecule has 0 radical (unpaired) electrons. The highest BCUT2D eigenvalue weighted by atomic mass is 35.5. The van der Waals surface area contributed by atoms with Crippen LogP contribution in [-0.2, 0) is 0 Å². The first-order valence-corrected chi connectivity index (χ1v) is 4.72. The predicted molar refractivity (Wildman–Crippen MR) is 83.5 cm³/mol. The third-order valence-corrected chi connectivity index (χ3v) is 2.60. The van der Waals surface area contributed by atoms with Gasteiger partial charge in [0.2, 0.25) is 0 Å². The fraction of sp³-hybridized carbons (Fsp3) is 0.111. The Morgan fingerprint density at radius 2 is 1.65 bits per heavy atom. The summed E-state index contributed by atoms with van der Waals surface area (Å²) in [5, 5.41) is 0.593. The van der Waals surface area contributed by atoms with Crippen molar-refractivity contribution in [3.05, 3.63) is 30.2 Å². The van der Waals surface area contributed by atoms with Crippen LogP contribution in [0.3, 0.4) is 0 Å². The molecule has 2 heterocycles. The number of anilines is 1. The molecule has 2 N–H and O–H groups in total. The van der Waals surface area contributed by atoms with Gasteiger partial charge in [0, 0.05) is 23.7 Å². The number of nitrogen functional groups attached to an aromatic ring is 1. The topological polar surface area (TPSA) is 51.8 Å². The molecule has 0 aliphatic heterocycles. The van der Waals surface area contributed by atoms with Crippen LogP contribution in [0.1, 0.15) is 5.69 Å². The van der Waals surface area contributed by atoms with E-state index >= 15 is 0 Å². The maximum atomic E-state index is 5.53. The maximum Gasteiger partial charge on any atom is 0.180 e. The normalized spacial score (nSPS) is 7.82. The number of hydrogen-bond acceptors (Lipinski definition) is 4. The van der Waals surface area contributed by atoms with Gasteiger partial charge < -0.3 is 5.73 Å². The second-order valence-corrected chi connectivity index (χ2v) is 3.81. The lowest BCUT2D eigenvalue weighted by Crippen LogP contribution is -1.79. The van der Waals surface area contributed by atoms with Crippen LogP contribution in [-0.4, -0.2) is 9.97 Å². The Kier molecular flexibility index (Phi) is 12.6. The average molecular weight is 337 g/mol. The summed E-state index contributed by atoms with van der Waals surface area (Å²) in [7, 11) is 0. The predicted octanol–water partition coefficient (Wildman–Crippen LogP) is 3.78. The third-order valence-electron chi connectivity index (χ3n) is 1.72. The van der Waals surface area contributed by atoms with E-state index in [1.807, 2.05) is 25.3 Å². The van der Waals surface area contributed by atoms with Gasteiger partial charge in [-0.05, 0) is 13.0 Å². The Bertz CT molecular complexity index is 418. The van der Waals surface area contributed by atoms with Crippen molar-refractivity contribution in [1.29, 1.82) is 0 Å². The van der Waals surface area contributed by atoms with E-state index in [9.17, 15) is 0 Å². The molecule has 0 spiro atoms. The zero-order valence-electron chi connectivity index (χ0n) is 8.82. The van der Waals surface area contributed by atoms with Crippen molar-refractivity contribution >= 4 is 66.1 Å². The van der Waals surface area contributed by atoms with Gasteiger partial charge in [0.1, 0.15) is 0 Å². The van der Waals surface area contributed by atoms with Crippen molar-refractivity contribution in [3.63, 3.8) is 0 Å². The summed E-state index contributed by atoms with van der Waals surface area (Å²) >= 11 is 1.47. The van der Waals surface area contributed by atoms with Crippen LogP contribution in [0.5, 0.6) is 0 Å². The molecular formula is C9H13Cl4N3S. The van der Waals surface area contributed by atoms with E-state index in [0.717, 1.165) is 16.1 Å². The van der Waals surface area contributed by atoms with Crippen LogP contribution in [0, 0.1) is 6.92 Å². The lowest BCUT2D eigenvalue weighted by molar-refractivity contribution is 1.20. The lowest BCUT2D eigenvalue weighted by Gasteiger charge is -1.95. The summed E-state index contributed by atoms with van der Waals surface area (Å²) in [5.74, 6) is 0. The fourth-order valence-electron chi connectivity index (χ4n) is 1.03. The molecular weight excluding hydrogens is 324 g/mol. The van der Waals surface area contributed by atoms with Crippen LogP contribution in [0.25, 0.3) is 10.4 Å². The molecule has 3 nitrogen and oxygen atoms in total. The number of halogens is 4. The molecule has 0 aliphatic rings. The molecule has 0 aromatic carbocycles. The molecule has 0 saturated heterocycles. The number of rotatable bonds is 1. The fourth-order valence-corrected chi connectivity index (χ4v) is 1.71. The zero-order chi connectivity index (χ0) is 9.26. The monoisotopic (exact) mass is 335 g/mol. The van der Waals surface area contributed by atoms with E-state index in [2.05, 4.69) is 9.97 Å². The summed E-state index contributed by atoms with van der Waals surface area (Å²) < 4.78 is 0. The molecule has 0 unspecified atom stereocenters. The summed E-state index contributed by atoms with van der Waals surface area (Å²) in [6.07, 6.45) is 3.61. The van der Waals surface area contributed by atoms with Gasteiger partial charge in [-0.25, -0.2) is 4.98 Å². The highest BCUT2D eigenvalue weighted by Crippen LogP contribution is 2.26. The molecule has 2 aromatic heterocycles. The molecule has 8 heteroatoms. The summed E-state index contributed by atoms with van der Waals surface area (Å²) in [4.78, 5) is 9.25. The average Bonchev–Trinajstić information content (AvgIpc) is 2.53. The Hall–Kier alpha value is -0.260. The van der Waals surface area contributed by atoms with E-state index in [4.69, 9.17) is 5.73 Å². The van der Waals surface area contributed by atoms with Gasteiger partial charge in [-0.15, -0.1) is 49.6 Å². The van der Waals surface area contributed by atoms with Crippen LogP contribution in [0.2, 0.25) is 0 Å². The van der Waals surface area contributed by atoms with Crippen molar-refractivity contribution in [2.24, 2.45) is 0 Å². The standard InChI is InChI=1S/C9H9N3S.4ClH/c1-6-2-3-7(4-11-6)8-5-12-9(10)13-8;;;;/h2-5H,1H3,(H2,10,12);4*1H. The first-order valence-electron chi connectivity index (χ1n) is 3.90. The van der Waals surface area contributed by atoms with Crippen molar-refractivity contribution in [2.45, 2.75) is 6.92 Å². The van der Waals surface area contributed by atoms with Crippen LogP contribution >= 0.6 is 61.0 Å². The molecule has 98 valence electrons. The Morgan fingerprint density at radius 1 is 1.00 bits per heavy atom. The number of hydrogen-bond donors (Lipinski definition) is 1. The molecule has 0 bridgehead atoms. The molecule has 17 heavy (non-hydrogen) atoms. The SMILES string of the molecule is Cc1ccc(-c2cnc(N)s2)cn1.Cl.Cl.Cl.Cl. The van der Waals surface area contributed by atoms with E-state index < -0.39 is 0 Å². The quantitative estimate of drug-likeness (QED) is 0.862. The van der Waals surface area contributed by atoms with Gasteiger partial charge in [-0.2, -0.15) is 0 Å². The minimum absolute atomic E-state index is 0. The number of thiazole rings is 1. The molecule has 0 amide bonds. The van der Waals surface area contributed by atoms with E-state index in [-0.39, 0.29) is 49.6 Å². The Morgan fingerprint density at radius 3 is 2.06 bits per heavy atom. The largest absolute Gasteiger partial charge is 0.375 e. The lowest BCUT2D eigenvalue weighted by atomic mass is 10.2. The summed E-state index contributed by atoms with van der Waals surface area (Å²) in [5.41, 5.74) is 7.62. The summed E-state index contributed by atoms with van der Waals surface area (Å²) in [6.45, 7) is 1.96. The first kappa shape index (κ1) is 22.0. The highest BCUT2D eigenvalue weighted by molar-refractivity contribution is 7.18. The van der Waals surface area contributed by atoms with Crippen molar-refractivity contribution in [3.8, 4) is 10.4 Å². The van der Waals surface area contributed by atoms with Crippen LogP contribution in [0.15, 0.2) is 24.5 Å². The van der Waals surface area contributed by atoms with E-state index in [0.29, 0.717) is 5.13 Å². The number of pyridine rings is 1. The summed E-state index contributed by atoms with van der Waals surface area (Å²) in [6, 6.07) is 4.00. The highest BCUT2D eigenvalue weighted by Gasteiger charge is 2.01.